The summed E-state index contributed by atoms with van der Waals surface area (Å²) in [6, 6.07) is 8.79. The Kier molecular flexibility index (Phi) is 6.91. The van der Waals surface area contributed by atoms with E-state index >= 15 is 0 Å². The lowest BCUT2D eigenvalue weighted by Crippen LogP contribution is -2.45. The van der Waals surface area contributed by atoms with Crippen LogP contribution < -0.4 is 10.6 Å². The first kappa shape index (κ1) is 18.6. The molecule has 0 bridgehead atoms. The molecular weight excluding hydrogens is 302 g/mol. The number of rotatable bonds is 6. The van der Waals surface area contributed by atoms with E-state index in [0.29, 0.717) is 18.5 Å². The largest absolute Gasteiger partial charge is 0.396 e. The van der Waals surface area contributed by atoms with E-state index in [1.807, 2.05) is 30.1 Å². The Labute approximate surface area is 145 Å². The number of urea groups is 1. The van der Waals surface area contributed by atoms with Gasteiger partial charge in [0.05, 0.1) is 0 Å². The molecule has 1 aromatic carbocycles. The van der Waals surface area contributed by atoms with Gasteiger partial charge >= 0.3 is 6.03 Å². The lowest BCUT2D eigenvalue weighted by molar-refractivity contribution is 0.134. The second kappa shape index (κ2) is 8.92. The quantitative estimate of drug-likeness (QED) is 0.749. The molecule has 3 N–H and O–H groups in total. The molecule has 0 radical (unpaired) electrons. The van der Waals surface area contributed by atoms with Crippen molar-refractivity contribution in [2.24, 2.45) is 5.92 Å². The molecule has 0 heterocycles. The van der Waals surface area contributed by atoms with E-state index in [-0.39, 0.29) is 18.7 Å². The van der Waals surface area contributed by atoms with Crippen LogP contribution in [0.3, 0.4) is 0 Å². The Morgan fingerprint density at radius 1 is 1.29 bits per heavy atom. The van der Waals surface area contributed by atoms with Crippen LogP contribution in [0.5, 0.6) is 0 Å². The fourth-order valence-electron chi connectivity index (χ4n) is 3.29. The number of carbonyl (C=O) groups excluding carboxylic acids is 1. The van der Waals surface area contributed by atoms with Gasteiger partial charge in [0.1, 0.15) is 0 Å². The Morgan fingerprint density at radius 2 is 2.00 bits per heavy atom. The summed E-state index contributed by atoms with van der Waals surface area (Å²) in [5.41, 5.74) is 2.17. The predicted molar refractivity (Wildman–Crippen MR) is 98.0 cm³/mol. The number of aliphatic hydroxyl groups is 1. The van der Waals surface area contributed by atoms with Crippen LogP contribution in [0.1, 0.15) is 45.1 Å². The smallest absolute Gasteiger partial charge is 0.317 e. The number of carbonyl (C=O) groups is 1. The van der Waals surface area contributed by atoms with Crippen molar-refractivity contribution < 1.29 is 9.90 Å². The molecule has 1 saturated carbocycles. The first-order valence-corrected chi connectivity index (χ1v) is 8.96. The van der Waals surface area contributed by atoms with Gasteiger partial charge < -0.3 is 20.6 Å². The lowest BCUT2D eigenvalue weighted by Gasteiger charge is -2.34. The number of hydrogen-bond acceptors (Lipinski definition) is 3. The monoisotopic (exact) mass is 333 g/mol. The highest BCUT2D eigenvalue weighted by Crippen LogP contribution is 2.26. The molecule has 0 atom stereocenters. The minimum absolute atomic E-state index is 0.0235. The minimum atomic E-state index is -0.0235. The van der Waals surface area contributed by atoms with Crippen molar-refractivity contribution in [1.82, 2.24) is 10.2 Å². The molecule has 1 fully saturated rings. The molecule has 0 saturated heterocycles. The van der Waals surface area contributed by atoms with Crippen LogP contribution >= 0.6 is 0 Å². The van der Waals surface area contributed by atoms with Crippen LogP contribution in [0.4, 0.5) is 10.5 Å². The van der Waals surface area contributed by atoms with E-state index in [2.05, 4.69) is 30.5 Å². The summed E-state index contributed by atoms with van der Waals surface area (Å²) in [4.78, 5) is 14.2. The first-order chi connectivity index (χ1) is 11.5. The molecule has 0 spiro atoms. The minimum Gasteiger partial charge on any atom is -0.396 e. The van der Waals surface area contributed by atoms with Gasteiger partial charge in [0.2, 0.25) is 0 Å². The molecule has 2 amide bonds. The van der Waals surface area contributed by atoms with Gasteiger partial charge in [-0.3, -0.25) is 0 Å². The maximum atomic E-state index is 12.4. The van der Waals surface area contributed by atoms with Gasteiger partial charge in [-0.2, -0.15) is 0 Å². The molecule has 24 heavy (non-hydrogen) atoms. The van der Waals surface area contributed by atoms with E-state index in [1.165, 1.54) is 0 Å². The fourth-order valence-corrected chi connectivity index (χ4v) is 3.29. The van der Waals surface area contributed by atoms with E-state index in [9.17, 15) is 9.90 Å². The average Bonchev–Trinajstić information content (AvgIpc) is 2.59. The second-order valence-electron chi connectivity index (χ2n) is 7.13. The summed E-state index contributed by atoms with van der Waals surface area (Å²) in [5.74, 6) is 0.411. The van der Waals surface area contributed by atoms with E-state index in [1.54, 1.807) is 0 Å². The van der Waals surface area contributed by atoms with Crippen molar-refractivity contribution in [3.05, 3.63) is 29.8 Å². The number of hydrogen-bond donors (Lipinski definition) is 3. The zero-order chi connectivity index (χ0) is 17.5. The second-order valence-corrected chi connectivity index (χ2v) is 7.13. The van der Waals surface area contributed by atoms with Crippen LogP contribution in [0.2, 0.25) is 0 Å². The molecule has 1 aliphatic carbocycles. The van der Waals surface area contributed by atoms with Crippen LogP contribution in [0.15, 0.2) is 24.3 Å². The van der Waals surface area contributed by atoms with Crippen LogP contribution in [-0.4, -0.2) is 41.8 Å². The van der Waals surface area contributed by atoms with Crippen molar-refractivity contribution in [2.45, 2.75) is 58.2 Å². The van der Waals surface area contributed by atoms with Crippen LogP contribution in [-0.2, 0) is 6.54 Å². The highest BCUT2D eigenvalue weighted by atomic mass is 16.3. The molecule has 0 unspecified atom stereocenters. The van der Waals surface area contributed by atoms with Gasteiger partial charge in [0, 0.05) is 38.0 Å². The molecule has 134 valence electrons. The Morgan fingerprint density at radius 3 is 2.62 bits per heavy atom. The highest BCUT2D eigenvalue weighted by Gasteiger charge is 2.26. The third kappa shape index (κ3) is 5.41. The third-order valence-corrected chi connectivity index (χ3v) is 4.77. The van der Waals surface area contributed by atoms with Gasteiger partial charge in [-0.15, -0.1) is 0 Å². The normalized spacial score (nSPS) is 20.7. The predicted octanol–water partition coefficient (Wildman–Crippen LogP) is 3.20. The molecule has 5 nitrogen and oxygen atoms in total. The summed E-state index contributed by atoms with van der Waals surface area (Å²) in [7, 11) is 1.87. The topological polar surface area (TPSA) is 64.6 Å². The average molecular weight is 333 g/mol. The SMILES string of the molecule is CC(C)Nc1cccc(CNC(=O)N(C)C2CCC(CO)CC2)c1. The molecule has 1 aliphatic rings. The van der Waals surface area contributed by atoms with E-state index < -0.39 is 0 Å². The van der Waals surface area contributed by atoms with Gasteiger partial charge in [0.25, 0.3) is 0 Å². The summed E-state index contributed by atoms with van der Waals surface area (Å²) in [6.45, 7) is 5.01. The number of nitrogens with one attached hydrogen (secondary N) is 2. The van der Waals surface area contributed by atoms with Gasteiger partial charge in [-0.1, -0.05) is 12.1 Å². The maximum Gasteiger partial charge on any atom is 0.317 e. The van der Waals surface area contributed by atoms with Crippen molar-refractivity contribution >= 4 is 11.7 Å². The highest BCUT2D eigenvalue weighted by molar-refractivity contribution is 5.74. The van der Waals surface area contributed by atoms with Gasteiger partial charge in [-0.05, 0) is 63.1 Å². The number of aliphatic hydroxyl groups excluding tert-OH is 1. The summed E-state index contributed by atoms with van der Waals surface area (Å²) < 4.78 is 0. The maximum absolute atomic E-state index is 12.4. The zero-order valence-electron chi connectivity index (χ0n) is 15.1. The van der Waals surface area contributed by atoms with Crippen molar-refractivity contribution in [1.29, 1.82) is 0 Å². The first-order valence-electron chi connectivity index (χ1n) is 8.96. The zero-order valence-corrected chi connectivity index (χ0v) is 15.1. The molecular formula is C19H31N3O2. The summed E-state index contributed by atoms with van der Waals surface area (Å²) in [6.07, 6.45) is 3.95. The standard InChI is InChI=1S/C19H31N3O2/c1-14(2)21-17-6-4-5-16(11-17)12-20-19(24)22(3)18-9-7-15(13-23)8-10-18/h4-6,11,14-15,18,21,23H,7-10,12-13H2,1-3H3,(H,20,24). The van der Waals surface area contributed by atoms with Gasteiger partial charge in [0.15, 0.2) is 0 Å². The van der Waals surface area contributed by atoms with Crippen molar-refractivity contribution in [2.75, 3.05) is 19.0 Å². The molecule has 5 heteroatoms. The summed E-state index contributed by atoms with van der Waals surface area (Å²) in [5, 5.41) is 15.6. The fraction of sp³-hybridized carbons (Fsp3) is 0.632. The number of anilines is 1. The van der Waals surface area contributed by atoms with Crippen molar-refractivity contribution in [3.8, 4) is 0 Å². The van der Waals surface area contributed by atoms with Crippen LogP contribution in [0, 0.1) is 5.92 Å². The Hall–Kier alpha value is -1.75. The molecule has 0 aromatic heterocycles. The molecule has 1 aromatic rings. The van der Waals surface area contributed by atoms with E-state index in [4.69, 9.17) is 0 Å². The third-order valence-electron chi connectivity index (χ3n) is 4.77. The Balaban J connectivity index is 1.82. The Bertz CT molecular complexity index is 525. The van der Waals surface area contributed by atoms with Crippen LogP contribution in [0.25, 0.3) is 0 Å². The number of amides is 2. The van der Waals surface area contributed by atoms with Gasteiger partial charge in [-0.25, -0.2) is 4.79 Å². The number of nitrogens with zero attached hydrogens (tertiary/aromatic N) is 1. The molecule has 2 rings (SSSR count). The lowest BCUT2D eigenvalue weighted by atomic mass is 9.86. The van der Waals surface area contributed by atoms with Crippen molar-refractivity contribution in [3.63, 3.8) is 0 Å². The number of benzene rings is 1. The molecule has 0 aliphatic heterocycles. The summed E-state index contributed by atoms with van der Waals surface area (Å²) >= 11 is 0. The van der Waals surface area contributed by atoms with E-state index in [0.717, 1.165) is 36.9 Å².